The quantitative estimate of drug-likeness (QED) is 0.917. The number of aromatic nitrogens is 1. The van der Waals surface area contributed by atoms with Gasteiger partial charge in [-0.25, -0.2) is 4.98 Å². The first-order valence-corrected chi connectivity index (χ1v) is 8.14. The molecule has 5 nitrogen and oxygen atoms in total. The maximum atomic E-state index is 12.7. The van der Waals surface area contributed by atoms with Gasteiger partial charge >= 0.3 is 0 Å². The van der Waals surface area contributed by atoms with E-state index in [1.165, 1.54) is 11.3 Å². The van der Waals surface area contributed by atoms with Gasteiger partial charge in [0.15, 0.2) is 10.8 Å². The molecular weight excluding hydrogens is 300 g/mol. The van der Waals surface area contributed by atoms with Gasteiger partial charge in [0.1, 0.15) is 10.6 Å². The Labute approximate surface area is 134 Å². The summed E-state index contributed by atoms with van der Waals surface area (Å²) >= 11 is 1.33. The normalized spacial score (nSPS) is 12.7. The van der Waals surface area contributed by atoms with Crippen LogP contribution in [-0.4, -0.2) is 39.6 Å². The number of hydrogen-bond acceptors (Lipinski definition) is 5. The Morgan fingerprint density at radius 2 is 2.05 bits per heavy atom. The van der Waals surface area contributed by atoms with Crippen molar-refractivity contribution in [3.63, 3.8) is 0 Å². The number of aliphatic hydroxyl groups excluding tert-OH is 1. The highest BCUT2D eigenvalue weighted by atomic mass is 32.1. The van der Waals surface area contributed by atoms with Crippen molar-refractivity contribution in [3.8, 4) is 10.8 Å². The van der Waals surface area contributed by atoms with E-state index < -0.39 is 6.10 Å². The Bertz CT molecular complexity index is 658. The largest absolute Gasteiger partial charge is 0.459 e. The Hall–Kier alpha value is -1.66. The number of aliphatic hydroxyl groups is 1. The Kier molecular flexibility index (Phi) is 5.03. The third-order valence-corrected chi connectivity index (χ3v) is 4.45. The summed E-state index contributed by atoms with van der Waals surface area (Å²) < 4.78 is 5.57. The highest BCUT2D eigenvalue weighted by molar-refractivity contribution is 7.17. The molecule has 0 fully saturated rings. The van der Waals surface area contributed by atoms with E-state index in [9.17, 15) is 9.90 Å². The van der Waals surface area contributed by atoms with Gasteiger partial charge in [-0.15, -0.1) is 11.3 Å². The molecule has 0 saturated carbocycles. The molecule has 2 aromatic heterocycles. The average molecular weight is 322 g/mol. The molecule has 1 N–H and O–H groups in total. The van der Waals surface area contributed by atoms with Gasteiger partial charge in [0.2, 0.25) is 0 Å². The fourth-order valence-electron chi connectivity index (χ4n) is 2.19. The van der Waals surface area contributed by atoms with Crippen LogP contribution in [0.25, 0.3) is 10.8 Å². The molecule has 2 heterocycles. The van der Waals surface area contributed by atoms with E-state index in [-0.39, 0.29) is 11.9 Å². The first-order valence-electron chi connectivity index (χ1n) is 7.33. The van der Waals surface area contributed by atoms with Crippen LogP contribution in [0.4, 0.5) is 0 Å². The maximum Gasteiger partial charge on any atom is 0.266 e. The van der Waals surface area contributed by atoms with Crippen LogP contribution in [0.2, 0.25) is 0 Å². The van der Waals surface area contributed by atoms with Gasteiger partial charge < -0.3 is 14.4 Å². The Balaban J connectivity index is 2.31. The number of aryl methyl sites for hydroxylation is 2. The molecule has 0 aliphatic carbocycles. The van der Waals surface area contributed by atoms with E-state index in [4.69, 9.17) is 4.42 Å². The van der Waals surface area contributed by atoms with Gasteiger partial charge in [-0.1, -0.05) is 0 Å². The number of thiazole rings is 1. The topological polar surface area (TPSA) is 66.6 Å². The van der Waals surface area contributed by atoms with Crippen molar-refractivity contribution in [2.45, 2.75) is 46.8 Å². The standard InChI is InChI=1S/C16H22N2O3S/c1-9(2)18(8-10(3)19)16(20)14-12(5)17-15(22-14)13-7-6-11(4)21-13/h6-7,9-10,19H,8H2,1-5H3. The summed E-state index contributed by atoms with van der Waals surface area (Å²) in [5.74, 6) is 1.39. The first-order chi connectivity index (χ1) is 10.3. The van der Waals surface area contributed by atoms with E-state index >= 15 is 0 Å². The van der Waals surface area contributed by atoms with Crippen LogP contribution in [-0.2, 0) is 0 Å². The second-order valence-electron chi connectivity index (χ2n) is 5.74. The zero-order valence-corrected chi connectivity index (χ0v) is 14.4. The SMILES string of the molecule is Cc1ccc(-c2nc(C)c(C(=O)N(CC(C)O)C(C)C)s2)o1. The van der Waals surface area contributed by atoms with Crippen molar-refractivity contribution in [2.75, 3.05) is 6.54 Å². The fraction of sp³-hybridized carbons (Fsp3) is 0.500. The molecule has 2 aromatic rings. The minimum Gasteiger partial charge on any atom is -0.459 e. The second kappa shape index (κ2) is 6.62. The number of rotatable bonds is 5. The zero-order valence-electron chi connectivity index (χ0n) is 13.6. The van der Waals surface area contributed by atoms with Gasteiger partial charge in [-0.3, -0.25) is 4.79 Å². The molecule has 120 valence electrons. The number of carbonyl (C=O) groups is 1. The lowest BCUT2D eigenvalue weighted by Gasteiger charge is -2.27. The molecule has 22 heavy (non-hydrogen) atoms. The lowest BCUT2D eigenvalue weighted by molar-refractivity contribution is 0.0582. The molecule has 1 atom stereocenters. The number of nitrogens with zero attached hydrogens (tertiary/aromatic N) is 2. The van der Waals surface area contributed by atoms with Gasteiger partial charge in [0, 0.05) is 12.6 Å². The van der Waals surface area contributed by atoms with Crippen molar-refractivity contribution in [1.82, 2.24) is 9.88 Å². The highest BCUT2D eigenvalue weighted by Gasteiger charge is 2.25. The van der Waals surface area contributed by atoms with Crippen molar-refractivity contribution < 1.29 is 14.3 Å². The first kappa shape index (κ1) is 16.7. The molecule has 0 radical (unpaired) electrons. The zero-order chi connectivity index (χ0) is 16.4. The second-order valence-corrected chi connectivity index (χ2v) is 6.74. The summed E-state index contributed by atoms with van der Waals surface area (Å²) in [6.45, 7) is 9.56. The van der Waals surface area contributed by atoms with Crippen molar-refractivity contribution in [1.29, 1.82) is 0 Å². The summed E-state index contributed by atoms with van der Waals surface area (Å²) in [5, 5.41) is 10.3. The van der Waals surface area contributed by atoms with Crippen molar-refractivity contribution in [2.24, 2.45) is 0 Å². The average Bonchev–Trinajstić information content (AvgIpc) is 3.01. The molecule has 0 aliphatic rings. The molecular formula is C16H22N2O3S. The van der Waals surface area contributed by atoms with Gasteiger partial charge in [-0.2, -0.15) is 0 Å². The van der Waals surface area contributed by atoms with Crippen LogP contribution in [0.3, 0.4) is 0 Å². The molecule has 0 aliphatic heterocycles. The molecule has 0 spiro atoms. The van der Waals surface area contributed by atoms with Crippen LogP contribution in [0, 0.1) is 13.8 Å². The van der Waals surface area contributed by atoms with Crippen LogP contribution in [0.15, 0.2) is 16.5 Å². The van der Waals surface area contributed by atoms with Crippen LogP contribution in [0.1, 0.15) is 41.9 Å². The summed E-state index contributed by atoms with van der Waals surface area (Å²) in [4.78, 5) is 19.5. The molecule has 0 aromatic carbocycles. The van der Waals surface area contributed by atoms with Crippen LogP contribution in [0.5, 0.6) is 0 Å². The van der Waals surface area contributed by atoms with Crippen LogP contribution < -0.4 is 0 Å². The van der Waals surface area contributed by atoms with Crippen molar-refractivity contribution >= 4 is 17.2 Å². The lowest BCUT2D eigenvalue weighted by atomic mass is 10.2. The number of furan rings is 1. The third kappa shape index (κ3) is 3.56. The minimum absolute atomic E-state index is 0.0120. The molecule has 0 saturated heterocycles. The Morgan fingerprint density at radius 3 is 2.55 bits per heavy atom. The minimum atomic E-state index is -0.563. The number of amides is 1. The molecule has 1 unspecified atom stereocenters. The fourth-order valence-corrected chi connectivity index (χ4v) is 3.18. The smallest absolute Gasteiger partial charge is 0.266 e. The molecule has 0 bridgehead atoms. The monoisotopic (exact) mass is 322 g/mol. The number of hydrogen-bond donors (Lipinski definition) is 1. The number of carbonyl (C=O) groups excluding carboxylic acids is 1. The third-order valence-electron chi connectivity index (χ3n) is 3.29. The Morgan fingerprint density at radius 1 is 1.36 bits per heavy atom. The van der Waals surface area contributed by atoms with E-state index in [1.54, 1.807) is 11.8 Å². The lowest BCUT2D eigenvalue weighted by Crippen LogP contribution is -2.41. The summed E-state index contributed by atoms with van der Waals surface area (Å²) in [6.07, 6.45) is -0.563. The van der Waals surface area contributed by atoms with Crippen molar-refractivity contribution in [3.05, 3.63) is 28.5 Å². The molecule has 2 rings (SSSR count). The molecule has 1 amide bonds. The van der Waals surface area contributed by atoms with E-state index in [0.717, 1.165) is 5.76 Å². The van der Waals surface area contributed by atoms with E-state index in [1.807, 2.05) is 39.8 Å². The van der Waals surface area contributed by atoms with Gasteiger partial charge in [-0.05, 0) is 46.8 Å². The van der Waals surface area contributed by atoms with Gasteiger partial charge in [0.05, 0.1) is 11.8 Å². The van der Waals surface area contributed by atoms with Crippen LogP contribution >= 0.6 is 11.3 Å². The van der Waals surface area contributed by atoms with E-state index in [2.05, 4.69) is 4.98 Å². The summed E-state index contributed by atoms with van der Waals surface area (Å²) in [7, 11) is 0. The highest BCUT2D eigenvalue weighted by Crippen LogP contribution is 2.30. The van der Waals surface area contributed by atoms with E-state index in [0.29, 0.717) is 27.9 Å². The summed E-state index contributed by atoms with van der Waals surface area (Å²) in [5.41, 5.74) is 0.690. The van der Waals surface area contributed by atoms with Gasteiger partial charge in [0.25, 0.3) is 5.91 Å². The maximum absolute atomic E-state index is 12.7. The summed E-state index contributed by atoms with van der Waals surface area (Å²) in [6, 6.07) is 3.75. The molecule has 6 heteroatoms. The predicted octanol–water partition coefficient (Wildman–Crippen LogP) is 3.25. The predicted molar refractivity (Wildman–Crippen MR) is 87.1 cm³/mol.